The number of carbonyl (C=O) groups excluding carboxylic acids is 2. The topological polar surface area (TPSA) is 49.4 Å². The molecular weight excluding hydrogens is 312 g/mol. The molecule has 0 bridgehead atoms. The van der Waals surface area contributed by atoms with E-state index in [0.717, 1.165) is 38.8 Å². The number of hydrogen-bond acceptors (Lipinski definition) is 2. The summed E-state index contributed by atoms with van der Waals surface area (Å²) in [5.41, 5.74) is 2.03. The Bertz CT molecular complexity index is 618. The van der Waals surface area contributed by atoms with E-state index < -0.39 is 0 Å². The molecule has 0 spiro atoms. The summed E-state index contributed by atoms with van der Waals surface area (Å²) >= 11 is 0. The number of carbonyl (C=O) groups is 2. The molecule has 0 aromatic heterocycles. The molecule has 3 rings (SSSR count). The Hall–Kier alpha value is -1.84. The molecule has 1 aliphatic carbocycles. The van der Waals surface area contributed by atoms with Gasteiger partial charge in [0.05, 0.1) is 0 Å². The van der Waals surface area contributed by atoms with Crippen LogP contribution in [0.2, 0.25) is 0 Å². The van der Waals surface area contributed by atoms with Crippen molar-refractivity contribution in [3.63, 3.8) is 0 Å². The first-order valence-corrected chi connectivity index (χ1v) is 9.55. The van der Waals surface area contributed by atoms with Crippen LogP contribution in [0.3, 0.4) is 0 Å². The Labute approximate surface area is 151 Å². The maximum absolute atomic E-state index is 12.5. The molecular formula is C21H30N2O2. The van der Waals surface area contributed by atoms with Crippen molar-refractivity contribution in [2.75, 3.05) is 13.1 Å². The number of nitrogens with zero attached hydrogens (tertiary/aromatic N) is 1. The zero-order valence-corrected chi connectivity index (χ0v) is 15.7. The number of benzene rings is 1. The van der Waals surface area contributed by atoms with Crippen molar-refractivity contribution in [1.29, 1.82) is 0 Å². The highest BCUT2D eigenvalue weighted by atomic mass is 16.2. The largest absolute Gasteiger partial charge is 0.349 e. The standard InChI is InChI=1S/C21H30N2O2/c1-21(2,3)17-9-7-15(8-10-17)19(24)22-18-11-13-23(14-12-18)20(25)16-5-4-6-16/h7-10,16,18H,4-6,11-14H2,1-3H3,(H,22,24). The summed E-state index contributed by atoms with van der Waals surface area (Å²) in [7, 11) is 0. The molecule has 1 N–H and O–H groups in total. The van der Waals surface area contributed by atoms with E-state index in [4.69, 9.17) is 0 Å². The highest BCUT2D eigenvalue weighted by Crippen LogP contribution is 2.29. The van der Waals surface area contributed by atoms with Gasteiger partial charge < -0.3 is 10.2 Å². The van der Waals surface area contributed by atoms with E-state index in [2.05, 4.69) is 26.1 Å². The van der Waals surface area contributed by atoms with Crippen LogP contribution in [-0.2, 0) is 10.2 Å². The fourth-order valence-electron chi connectivity index (χ4n) is 3.55. The summed E-state index contributed by atoms with van der Waals surface area (Å²) in [6, 6.07) is 8.06. The van der Waals surface area contributed by atoms with Crippen LogP contribution in [0.1, 0.15) is 68.8 Å². The lowest BCUT2D eigenvalue weighted by atomic mass is 9.84. The molecule has 136 valence electrons. The van der Waals surface area contributed by atoms with Crippen LogP contribution < -0.4 is 5.32 Å². The lowest BCUT2D eigenvalue weighted by Crippen LogP contribution is -2.48. The molecule has 2 amide bonds. The lowest BCUT2D eigenvalue weighted by molar-refractivity contribution is -0.139. The van der Waals surface area contributed by atoms with Crippen molar-refractivity contribution >= 4 is 11.8 Å². The minimum atomic E-state index is -0.00997. The van der Waals surface area contributed by atoms with Gasteiger partial charge in [0.1, 0.15) is 0 Å². The van der Waals surface area contributed by atoms with Gasteiger partial charge in [-0.05, 0) is 48.8 Å². The predicted octanol–water partition coefficient (Wildman–Crippen LogP) is 3.51. The lowest BCUT2D eigenvalue weighted by Gasteiger charge is -2.36. The summed E-state index contributed by atoms with van der Waals surface area (Å²) in [6.45, 7) is 8.04. The van der Waals surface area contributed by atoms with Crippen molar-refractivity contribution in [3.8, 4) is 0 Å². The molecule has 2 aliphatic rings. The Morgan fingerprint density at radius 1 is 1.00 bits per heavy atom. The Balaban J connectivity index is 1.50. The van der Waals surface area contributed by atoms with Crippen LogP contribution in [0.5, 0.6) is 0 Å². The van der Waals surface area contributed by atoms with Crippen LogP contribution in [0.15, 0.2) is 24.3 Å². The van der Waals surface area contributed by atoms with Crippen LogP contribution >= 0.6 is 0 Å². The molecule has 0 unspecified atom stereocenters. The molecule has 1 aliphatic heterocycles. The molecule has 1 saturated carbocycles. The first kappa shape index (κ1) is 18.0. The van der Waals surface area contributed by atoms with Gasteiger partial charge in [-0.25, -0.2) is 0 Å². The van der Waals surface area contributed by atoms with E-state index in [1.165, 1.54) is 12.0 Å². The van der Waals surface area contributed by atoms with Crippen LogP contribution in [0, 0.1) is 5.92 Å². The number of hydrogen-bond donors (Lipinski definition) is 1. The minimum absolute atomic E-state index is 0.00997. The van der Waals surface area contributed by atoms with Crippen molar-refractivity contribution < 1.29 is 9.59 Å². The molecule has 4 heteroatoms. The van der Waals surface area contributed by atoms with Gasteiger partial charge in [-0.2, -0.15) is 0 Å². The first-order valence-electron chi connectivity index (χ1n) is 9.55. The van der Waals surface area contributed by atoms with E-state index in [1.807, 2.05) is 29.2 Å². The van der Waals surface area contributed by atoms with Crippen molar-refractivity contribution in [1.82, 2.24) is 10.2 Å². The summed E-state index contributed by atoms with van der Waals surface area (Å²) in [5.74, 6) is 0.588. The maximum atomic E-state index is 12.5. The smallest absolute Gasteiger partial charge is 0.251 e. The molecule has 1 aromatic rings. The molecule has 4 nitrogen and oxygen atoms in total. The average molecular weight is 342 g/mol. The van der Waals surface area contributed by atoms with Crippen molar-refractivity contribution in [2.45, 2.75) is 64.3 Å². The second kappa shape index (κ2) is 7.19. The third kappa shape index (κ3) is 4.23. The summed E-state index contributed by atoms with van der Waals surface area (Å²) in [4.78, 5) is 26.7. The highest BCUT2D eigenvalue weighted by Gasteiger charge is 2.32. The van der Waals surface area contributed by atoms with E-state index >= 15 is 0 Å². The number of likely N-dealkylation sites (tertiary alicyclic amines) is 1. The molecule has 0 radical (unpaired) electrons. The van der Waals surface area contributed by atoms with Gasteiger partial charge >= 0.3 is 0 Å². The maximum Gasteiger partial charge on any atom is 0.251 e. The van der Waals surface area contributed by atoms with Crippen LogP contribution in [0.4, 0.5) is 0 Å². The van der Waals surface area contributed by atoms with E-state index in [9.17, 15) is 9.59 Å². The fraction of sp³-hybridized carbons (Fsp3) is 0.619. The van der Waals surface area contributed by atoms with Gasteiger partial charge in [-0.3, -0.25) is 9.59 Å². The Morgan fingerprint density at radius 3 is 2.08 bits per heavy atom. The van der Waals surface area contributed by atoms with E-state index in [-0.39, 0.29) is 23.3 Å². The minimum Gasteiger partial charge on any atom is -0.349 e. The van der Waals surface area contributed by atoms with Gasteiger partial charge in [-0.1, -0.05) is 39.3 Å². The van der Waals surface area contributed by atoms with Gasteiger partial charge in [0.25, 0.3) is 5.91 Å². The molecule has 25 heavy (non-hydrogen) atoms. The predicted molar refractivity (Wildman–Crippen MR) is 99.6 cm³/mol. The van der Waals surface area contributed by atoms with E-state index in [1.54, 1.807) is 0 Å². The first-order chi connectivity index (χ1) is 11.8. The second-order valence-corrected chi connectivity index (χ2v) is 8.53. The van der Waals surface area contributed by atoms with Gasteiger partial charge in [0.15, 0.2) is 0 Å². The number of rotatable bonds is 3. The monoisotopic (exact) mass is 342 g/mol. The molecule has 1 saturated heterocycles. The van der Waals surface area contributed by atoms with E-state index in [0.29, 0.717) is 11.5 Å². The third-order valence-electron chi connectivity index (χ3n) is 5.61. The van der Waals surface area contributed by atoms with Crippen LogP contribution in [0.25, 0.3) is 0 Å². The summed E-state index contributed by atoms with van der Waals surface area (Å²) < 4.78 is 0. The zero-order valence-electron chi connectivity index (χ0n) is 15.7. The molecule has 1 heterocycles. The second-order valence-electron chi connectivity index (χ2n) is 8.53. The Morgan fingerprint density at radius 2 is 1.60 bits per heavy atom. The third-order valence-corrected chi connectivity index (χ3v) is 5.61. The highest BCUT2D eigenvalue weighted by molar-refractivity contribution is 5.94. The summed E-state index contributed by atoms with van der Waals surface area (Å²) in [5, 5.41) is 3.13. The SMILES string of the molecule is CC(C)(C)c1ccc(C(=O)NC2CCN(C(=O)C3CCC3)CC2)cc1. The molecule has 2 fully saturated rings. The quantitative estimate of drug-likeness (QED) is 0.914. The normalized spacial score (nSPS) is 19.4. The average Bonchev–Trinajstić information content (AvgIpc) is 2.53. The fourth-order valence-corrected chi connectivity index (χ4v) is 3.55. The Kier molecular flexibility index (Phi) is 5.16. The molecule has 0 atom stereocenters. The molecule has 1 aromatic carbocycles. The van der Waals surface area contributed by atoms with Gasteiger partial charge in [-0.15, -0.1) is 0 Å². The van der Waals surface area contributed by atoms with Crippen LogP contribution in [-0.4, -0.2) is 35.8 Å². The zero-order chi connectivity index (χ0) is 18.0. The van der Waals surface area contributed by atoms with Gasteiger partial charge in [0.2, 0.25) is 5.91 Å². The van der Waals surface area contributed by atoms with Crippen molar-refractivity contribution in [3.05, 3.63) is 35.4 Å². The van der Waals surface area contributed by atoms with Crippen molar-refractivity contribution in [2.24, 2.45) is 5.92 Å². The number of nitrogens with one attached hydrogen (secondary N) is 1. The number of amides is 2. The van der Waals surface area contributed by atoms with Gasteiger partial charge in [0, 0.05) is 30.6 Å². The number of piperidine rings is 1. The summed E-state index contributed by atoms with van der Waals surface area (Å²) in [6.07, 6.45) is 5.01.